The van der Waals surface area contributed by atoms with Crippen molar-refractivity contribution in [2.75, 3.05) is 5.32 Å². The smallest absolute Gasteiger partial charge is 0.255 e. The second kappa shape index (κ2) is 8.61. The molecule has 148 valence electrons. The van der Waals surface area contributed by atoms with Gasteiger partial charge in [0.25, 0.3) is 5.91 Å². The molecule has 29 heavy (non-hydrogen) atoms. The number of carbonyl (C=O) groups is 2. The quantitative estimate of drug-likeness (QED) is 0.622. The van der Waals surface area contributed by atoms with Gasteiger partial charge in [-0.3, -0.25) is 9.59 Å². The number of hydrogen-bond donors (Lipinski definition) is 2. The van der Waals surface area contributed by atoms with Crippen LogP contribution in [0.4, 0.5) is 5.69 Å². The lowest BCUT2D eigenvalue weighted by molar-refractivity contribution is -0.131. The highest BCUT2D eigenvalue weighted by Crippen LogP contribution is 2.37. The molecule has 0 aliphatic heterocycles. The van der Waals surface area contributed by atoms with Crippen molar-refractivity contribution >= 4 is 17.5 Å². The van der Waals surface area contributed by atoms with Gasteiger partial charge < -0.3 is 15.8 Å². The monoisotopic (exact) mass is 388 g/mol. The minimum absolute atomic E-state index is 0.184. The number of benzene rings is 3. The SMILES string of the molecule is CC(C)(C(N)=O)C(Oc1ccc(NC(=O)c2ccccc2)cc1)c1ccccc1. The van der Waals surface area contributed by atoms with Crippen LogP contribution in [0.15, 0.2) is 84.9 Å². The molecule has 5 heteroatoms. The van der Waals surface area contributed by atoms with Crippen LogP contribution in [0.5, 0.6) is 5.75 Å². The lowest BCUT2D eigenvalue weighted by Crippen LogP contribution is -2.39. The lowest BCUT2D eigenvalue weighted by atomic mass is 9.81. The molecule has 0 aromatic heterocycles. The molecule has 3 aromatic rings. The van der Waals surface area contributed by atoms with E-state index in [0.717, 1.165) is 5.56 Å². The predicted molar refractivity (Wildman–Crippen MR) is 114 cm³/mol. The van der Waals surface area contributed by atoms with Crippen LogP contribution >= 0.6 is 0 Å². The normalized spacial score (nSPS) is 12.1. The maximum Gasteiger partial charge on any atom is 0.255 e. The molecule has 0 bridgehead atoms. The minimum Gasteiger partial charge on any atom is -0.485 e. The summed E-state index contributed by atoms with van der Waals surface area (Å²) in [6.45, 7) is 3.53. The van der Waals surface area contributed by atoms with E-state index in [1.54, 1.807) is 50.2 Å². The average Bonchev–Trinajstić information content (AvgIpc) is 2.74. The number of rotatable bonds is 7. The molecular weight excluding hydrogens is 364 g/mol. The Morgan fingerprint density at radius 2 is 1.41 bits per heavy atom. The molecule has 5 nitrogen and oxygen atoms in total. The lowest BCUT2D eigenvalue weighted by Gasteiger charge is -2.32. The van der Waals surface area contributed by atoms with Crippen LogP contribution in [0.2, 0.25) is 0 Å². The van der Waals surface area contributed by atoms with E-state index in [1.165, 1.54) is 0 Å². The molecule has 1 unspecified atom stereocenters. The van der Waals surface area contributed by atoms with Crippen LogP contribution < -0.4 is 15.8 Å². The van der Waals surface area contributed by atoms with Crippen LogP contribution in [0.1, 0.15) is 35.9 Å². The first-order valence-corrected chi connectivity index (χ1v) is 9.36. The van der Waals surface area contributed by atoms with Gasteiger partial charge in [-0.05, 0) is 55.8 Å². The molecule has 0 heterocycles. The molecule has 0 aliphatic carbocycles. The van der Waals surface area contributed by atoms with E-state index in [9.17, 15) is 9.59 Å². The van der Waals surface area contributed by atoms with E-state index < -0.39 is 17.4 Å². The summed E-state index contributed by atoms with van der Waals surface area (Å²) in [6.07, 6.45) is -0.550. The zero-order valence-corrected chi connectivity index (χ0v) is 16.5. The fourth-order valence-corrected chi connectivity index (χ4v) is 2.93. The van der Waals surface area contributed by atoms with Crippen LogP contribution in [-0.4, -0.2) is 11.8 Å². The molecule has 1 atom stereocenters. The summed E-state index contributed by atoms with van der Waals surface area (Å²) in [5.74, 6) is -0.0553. The summed E-state index contributed by atoms with van der Waals surface area (Å²) in [5, 5.41) is 2.85. The van der Waals surface area contributed by atoms with Gasteiger partial charge in [-0.15, -0.1) is 0 Å². The van der Waals surface area contributed by atoms with Crippen molar-refractivity contribution in [1.82, 2.24) is 0 Å². The van der Waals surface area contributed by atoms with E-state index in [1.807, 2.05) is 48.5 Å². The zero-order chi connectivity index (χ0) is 20.9. The summed E-state index contributed by atoms with van der Waals surface area (Å²) in [4.78, 5) is 24.3. The molecule has 3 rings (SSSR count). The highest BCUT2D eigenvalue weighted by molar-refractivity contribution is 6.04. The van der Waals surface area contributed by atoms with Gasteiger partial charge in [-0.2, -0.15) is 0 Å². The molecule has 3 aromatic carbocycles. The van der Waals surface area contributed by atoms with Gasteiger partial charge >= 0.3 is 0 Å². The summed E-state index contributed by atoms with van der Waals surface area (Å²) >= 11 is 0. The van der Waals surface area contributed by atoms with Gasteiger partial charge in [0.15, 0.2) is 0 Å². The number of carbonyl (C=O) groups excluding carboxylic acids is 2. The number of hydrogen-bond acceptors (Lipinski definition) is 3. The van der Waals surface area contributed by atoms with Gasteiger partial charge in [0.05, 0.1) is 5.41 Å². The van der Waals surface area contributed by atoms with Crippen LogP contribution in [0, 0.1) is 5.41 Å². The highest BCUT2D eigenvalue weighted by Gasteiger charge is 2.38. The molecule has 0 aliphatic rings. The molecule has 3 N–H and O–H groups in total. The Morgan fingerprint density at radius 3 is 1.97 bits per heavy atom. The third kappa shape index (κ3) is 4.82. The number of nitrogens with two attached hydrogens (primary N) is 1. The van der Waals surface area contributed by atoms with Gasteiger partial charge in [0, 0.05) is 11.3 Å². The van der Waals surface area contributed by atoms with Crippen molar-refractivity contribution < 1.29 is 14.3 Å². The van der Waals surface area contributed by atoms with Gasteiger partial charge in [0.2, 0.25) is 5.91 Å². The Morgan fingerprint density at radius 1 is 0.862 bits per heavy atom. The molecule has 0 saturated heterocycles. The summed E-state index contributed by atoms with van der Waals surface area (Å²) < 4.78 is 6.16. The van der Waals surface area contributed by atoms with Gasteiger partial charge in [-0.25, -0.2) is 0 Å². The van der Waals surface area contributed by atoms with Crippen molar-refractivity contribution in [2.45, 2.75) is 20.0 Å². The van der Waals surface area contributed by atoms with E-state index in [-0.39, 0.29) is 5.91 Å². The standard InChI is InChI=1S/C24H24N2O3/c1-24(2,23(25)28)21(17-9-5-3-6-10-17)29-20-15-13-19(14-16-20)26-22(27)18-11-7-4-8-12-18/h3-16,21H,1-2H3,(H2,25,28)(H,26,27). The number of ether oxygens (including phenoxy) is 1. The van der Waals surface area contributed by atoms with E-state index in [2.05, 4.69) is 5.32 Å². The second-order valence-corrected chi connectivity index (χ2v) is 7.34. The summed E-state index contributed by atoms with van der Waals surface area (Å²) in [7, 11) is 0. The van der Waals surface area contributed by atoms with Gasteiger partial charge in [0.1, 0.15) is 11.9 Å². The number of anilines is 1. The summed E-state index contributed by atoms with van der Waals surface area (Å²) in [5.41, 5.74) is 6.81. The zero-order valence-electron chi connectivity index (χ0n) is 16.5. The first-order chi connectivity index (χ1) is 13.9. The number of nitrogens with one attached hydrogen (secondary N) is 1. The Balaban J connectivity index is 1.77. The molecule has 0 radical (unpaired) electrons. The molecule has 0 spiro atoms. The van der Waals surface area contributed by atoms with E-state index in [0.29, 0.717) is 17.0 Å². The maximum atomic E-state index is 12.3. The molecule has 2 amide bonds. The molecular formula is C24H24N2O3. The van der Waals surface area contributed by atoms with Crippen molar-refractivity contribution in [3.8, 4) is 5.75 Å². The third-order valence-corrected chi connectivity index (χ3v) is 4.79. The highest BCUT2D eigenvalue weighted by atomic mass is 16.5. The van der Waals surface area contributed by atoms with Gasteiger partial charge in [-0.1, -0.05) is 48.5 Å². The Labute approximate surface area is 170 Å². The van der Waals surface area contributed by atoms with Crippen LogP contribution in [-0.2, 0) is 4.79 Å². The summed E-state index contributed by atoms with van der Waals surface area (Å²) in [6, 6.07) is 25.5. The Hall–Kier alpha value is -3.60. The van der Waals surface area contributed by atoms with Crippen molar-refractivity contribution in [3.63, 3.8) is 0 Å². The third-order valence-electron chi connectivity index (χ3n) is 4.79. The van der Waals surface area contributed by atoms with Crippen molar-refractivity contribution in [3.05, 3.63) is 96.1 Å². The number of amides is 2. The predicted octanol–water partition coefficient (Wildman–Crippen LogP) is 4.57. The van der Waals surface area contributed by atoms with Crippen molar-refractivity contribution in [2.24, 2.45) is 11.1 Å². The second-order valence-electron chi connectivity index (χ2n) is 7.34. The average molecular weight is 388 g/mol. The molecule has 0 fully saturated rings. The van der Waals surface area contributed by atoms with Crippen molar-refractivity contribution in [1.29, 1.82) is 0 Å². The van der Waals surface area contributed by atoms with E-state index in [4.69, 9.17) is 10.5 Å². The number of primary amides is 1. The fraction of sp³-hybridized carbons (Fsp3) is 0.167. The van der Waals surface area contributed by atoms with Crippen LogP contribution in [0.25, 0.3) is 0 Å². The first kappa shape index (κ1) is 20.1. The Bertz CT molecular complexity index is 968. The maximum absolute atomic E-state index is 12.3. The topological polar surface area (TPSA) is 81.4 Å². The first-order valence-electron chi connectivity index (χ1n) is 9.36. The minimum atomic E-state index is -0.915. The van der Waals surface area contributed by atoms with Crippen LogP contribution in [0.3, 0.4) is 0 Å². The molecule has 0 saturated carbocycles. The Kier molecular flexibility index (Phi) is 5.98. The van der Waals surface area contributed by atoms with E-state index >= 15 is 0 Å². The largest absolute Gasteiger partial charge is 0.485 e. The fourth-order valence-electron chi connectivity index (χ4n) is 2.93.